The van der Waals surface area contributed by atoms with E-state index in [1.807, 2.05) is 0 Å². The molecule has 0 amide bonds. The Bertz CT molecular complexity index is 943. The first kappa shape index (κ1) is 17.4. The van der Waals surface area contributed by atoms with E-state index >= 15 is 0 Å². The molecular weight excluding hydrogens is 347 g/mol. The van der Waals surface area contributed by atoms with Crippen molar-refractivity contribution in [3.8, 4) is 17.1 Å². The molecule has 0 bridgehead atoms. The van der Waals surface area contributed by atoms with E-state index in [0.29, 0.717) is 22.6 Å². The summed E-state index contributed by atoms with van der Waals surface area (Å²) < 4.78 is 39.2. The van der Waals surface area contributed by atoms with Crippen molar-refractivity contribution in [2.24, 2.45) is 0 Å². The summed E-state index contributed by atoms with van der Waals surface area (Å²) in [5.41, 5.74) is 1.13. The molecule has 0 atom stereocenters. The lowest BCUT2D eigenvalue weighted by molar-refractivity contribution is -0.137. The molecule has 0 saturated carbocycles. The van der Waals surface area contributed by atoms with Crippen LogP contribution in [0.4, 0.5) is 13.2 Å². The van der Waals surface area contributed by atoms with E-state index in [9.17, 15) is 18.0 Å². The first-order valence-corrected chi connectivity index (χ1v) is 7.44. The van der Waals surface area contributed by atoms with Crippen LogP contribution in [0.2, 0.25) is 0 Å². The second-order valence-corrected chi connectivity index (χ2v) is 5.35. The van der Waals surface area contributed by atoms with E-state index in [1.165, 1.54) is 29.2 Å². The average molecular weight is 359 g/mol. The highest BCUT2D eigenvalue weighted by molar-refractivity contribution is 5.85. The fourth-order valence-corrected chi connectivity index (χ4v) is 2.23. The summed E-state index contributed by atoms with van der Waals surface area (Å²) in [7, 11) is 0. The Morgan fingerprint density at radius 2 is 1.69 bits per heavy atom. The molecule has 1 heterocycles. The van der Waals surface area contributed by atoms with Gasteiger partial charge in [-0.3, -0.25) is 0 Å². The number of benzene rings is 2. The van der Waals surface area contributed by atoms with Gasteiger partial charge in [0.1, 0.15) is 6.33 Å². The molecular formula is C18H12F3N3O2. The van der Waals surface area contributed by atoms with Gasteiger partial charge >= 0.3 is 12.1 Å². The molecule has 5 nitrogen and oxygen atoms in total. The number of aromatic nitrogens is 3. The van der Waals surface area contributed by atoms with Crippen LogP contribution in [0.25, 0.3) is 23.2 Å². The maximum atomic E-state index is 12.6. The van der Waals surface area contributed by atoms with Crippen molar-refractivity contribution in [2.45, 2.75) is 6.18 Å². The minimum Gasteiger partial charge on any atom is -0.478 e. The largest absolute Gasteiger partial charge is 0.478 e. The lowest BCUT2D eigenvalue weighted by Gasteiger charge is -2.07. The molecule has 1 aromatic heterocycles. The molecule has 3 aromatic rings. The lowest BCUT2D eigenvalue weighted by atomic mass is 10.1. The molecule has 0 spiro atoms. The smallest absolute Gasteiger partial charge is 0.416 e. The van der Waals surface area contributed by atoms with Crippen LogP contribution in [0.15, 0.2) is 60.9 Å². The summed E-state index contributed by atoms with van der Waals surface area (Å²) in [6, 6.07) is 11.5. The predicted molar refractivity (Wildman–Crippen MR) is 88.5 cm³/mol. The third-order valence-electron chi connectivity index (χ3n) is 3.54. The Morgan fingerprint density at radius 3 is 2.27 bits per heavy atom. The number of alkyl halides is 3. The SMILES string of the molecule is O=C(O)C=Cc1ccc(-c2ncn(-c3ccc(C(F)(F)F)cc3)n2)cc1. The van der Waals surface area contributed by atoms with Gasteiger partial charge in [0.2, 0.25) is 0 Å². The zero-order valence-electron chi connectivity index (χ0n) is 13.2. The summed E-state index contributed by atoms with van der Waals surface area (Å²) in [6.45, 7) is 0. The quantitative estimate of drug-likeness (QED) is 0.714. The fourth-order valence-electron chi connectivity index (χ4n) is 2.23. The number of carboxylic acids is 1. The number of nitrogens with zero attached hydrogens (tertiary/aromatic N) is 3. The second kappa shape index (κ2) is 6.83. The number of hydrogen-bond donors (Lipinski definition) is 1. The minimum absolute atomic E-state index is 0.402. The molecule has 8 heteroatoms. The Balaban J connectivity index is 1.80. The van der Waals surface area contributed by atoms with E-state index in [1.54, 1.807) is 24.3 Å². The van der Waals surface area contributed by atoms with Gasteiger partial charge in [-0.2, -0.15) is 13.2 Å². The van der Waals surface area contributed by atoms with E-state index in [2.05, 4.69) is 10.1 Å². The molecule has 2 aromatic carbocycles. The van der Waals surface area contributed by atoms with Crippen molar-refractivity contribution >= 4 is 12.0 Å². The van der Waals surface area contributed by atoms with Crippen LogP contribution in [-0.4, -0.2) is 25.8 Å². The second-order valence-electron chi connectivity index (χ2n) is 5.35. The van der Waals surface area contributed by atoms with Crippen molar-refractivity contribution in [1.29, 1.82) is 0 Å². The zero-order valence-corrected chi connectivity index (χ0v) is 13.2. The van der Waals surface area contributed by atoms with Crippen LogP contribution >= 0.6 is 0 Å². The van der Waals surface area contributed by atoms with Crippen molar-refractivity contribution in [3.63, 3.8) is 0 Å². The number of aliphatic carboxylic acids is 1. The van der Waals surface area contributed by atoms with Crippen LogP contribution < -0.4 is 0 Å². The molecule has 0 saturated heterocycles. The van der Waals surface area contributed by atoms with Crippen LogP contribution in [-0.2, 0) is 11.0 Å². The van der Waals surface area contributed by atoms with Crippen molar-refractivity contribution in [3.05, 3.63) is 72.1 Å². The Hall–Kier alpha value is -3.42. The van der Waals surface area contributed by atoms with E-state index < -0.39 is 17.7 Å². The van der Waals surface area contributed by atoms with Gasteiger partial charge in [-0.05, 0) is 35.9 Å². The van der Waals surface area contributed by atoms with Gasteiger partial charge in [0.25, 0.3) is 0 Å². The van der Waals surface area contributed by atoms with E-state index in [4.69, 9.17) is 5.11 Å². The highest BCUT2D eigenvalue weighted by atomic mass is 19.4. The Morgan fingerprint density at radius 1 is 1.04 bits per heavy atom. The highest BCUT2D eigenvalue weighted by Gasteiger charge is 2.30. The first-order chi connectivity index (χ1) is 12.3. The van der Waals surface area contributed by atoms with Crippen LogP contribution in [0.5, 0.6) is 0 Å². The highest BCUT2D eigenvalue weighted by Crippen LogP contribution is 2.29. The molecule has 132 valence electrons. The van der Waals surface area contributed by atoms with E-state index in [-0.39, 0.29) is 0 Å². The van der Waals surface area contributed by atoms with Gasteiger partial charge in [-0.1, -0.05) is 24.3 Å². The van der Waals surface area contributed by atoms with Crippen LogP contribution in [0, 0.1) is 0 Å². The molecule has 3 rings (SSSR count). The average Bonchev–Trinajstić information content (AvgIpc) is 3.10. The molecule has 0 aliphatic rings. The molecule has 0 unspecified atom stereocenters. The van der Waals surface area contributed by atoms with Gasteiger partial charge in [0.15, 0.2) is 5.82 Å². The summed E-state index contributed by atoms with van der Waals surface area (Å²) >= 11 is 0. The number of halogens is 3. The van der Waals surface area contributed by atoms with E-state index in [0.717, 1.165) is 18.2 Å². The monoisotopic (exact) mass is 359 g/mol. The summed E-state index contributed by atoms with van der Waals surface area (Å²) in [5.74, 6) is -0.635. The maximum absolute atomic E-state index is 12.6. The molecule has 0 aliphatic heterocycles. The molecule has 0 aliphatic carbocycles. The minimum atomic E-state index is -4.39. The van der Waals surface area contributed by atoms with Gasteiger partial charge in [-0.15, -0.1) is 5.10 Å². The molecule has 0 fully saturated rings. The first-order valence-electron chi connectivity index (χ1n) is 7.44. The Kier molecular flexibility index (Phi) is 4.57. The predicted octanol–water partition coefficient (Wildman–Crippen LogP) is 4.05. The van der Waals surface area contributed by atoms with Gasteiger partial charge in [0, 0.05) is 11.6 Å². The topological polar surface area (TPSA) is 68.0 Å². The normalized spacial score (nSPS) is 11.8. The summed E-state index contributed by atoms with van der Waals surface area (Å²) in [6.07, 6.45) is -0.480. The van der Waals surface area contributed by atoms with Gasteiger partial charge < -0.3 is 5.11 Å². The van der Waals surface area contributed by atoms with Crippen molar-refractivity contribution in [2.75, 3.05) is 0 Å². The summed E-state index contributed by atoms with van der Waals surface area (Å²) in [5, 5.41) is 12.9. The maximum Gasteiger partial charge on any atom is 0.416 e. The number of carbonyl (C=O) groups is 1. The number of rotatable bonds is 4. The number of carboxylic acid groups (broad SMARTS) is 1. The zero-order chi connectivity index (χ0) is 18.7. The van der Waals surface area contributed by atoms with Crippen LogP contribution in [0.1, 0.15) is 11.1 Å². The molecule has 0 radical (unpaired) electrons. The fraction of sp³-hybridized carbons (Fsp3) is 0.0556. The van der Waals surface area contributed by atoms with Crippen molar-refractivity contribution in [1.82, 2.24) is 14.8 Å². The lowest BCUT2D eigenvalue weighted by Crippen LogP contribution is -2.05. The third kappa shape index (κ3) is 3.97. The third-order valence-corrected chi connectivity index (χ3v) is 3.54. The van der Waals surface area contributed by atoms with Crippen LogP contribution in [0.3, 0.4) is 0 Å². The molecule has 1 N–H and O–H groups in total. The number of hydrogen-bond acceptors (Lipinski definition) is 3. The Labute approximate surface area is 146 Å². The molecule has 26 heavy (non-hydrogen) atoms. The van der Waals surface area contributed by atoms with Crippen molar-refractivity contribution < 1.29 is 23.1 Å². The summed E-state index contributed by atoms with van der Waals surface area (Å²) in [4.78, 5) is 14.7. The van der Waals surface area contributed by atoms with Gasteiger partial charge in [-0.25, -0.2) is 14.5 Å². The van der Waals surface area contributed by atoms with Gasteiger partial charge in [0.05, 0.1) is 11.3 Å². The standard InChI is InChI=1S/C18H12F3N3O2/c19-18(20,21)14-6-8-15(9-7-14)24-11-22-17(23-24)13-4-1-12(2-5-13)3-10-16(25)26/h1-11H,(H,25,26).